The molecule has 0 radical (unpaired) electrons. The Morgan fingerprint density at radius 2 is 1.59 bits per heavy atom. The van der Waals surface area contributed by atoms with Gasteiger partial charge in [0.2, 0.25) is 0 Å². The Bertz CT molecular complexity index is 792. The molecular weight excluding hydrogens is 294 g/mol. The standard InChI is InChI=1S/C18H15NO2S/c1-2-15-19-16(17(22-15)18(20)21)14-10-8-13(9-11-14)12-6-4-3-5-7-12/h3-11H,2H2,1H3,(H,20,21). The molecule has 3 rings (SSSR count). The molecular formula is C18H15NO2S. The lowest BCUT2D eigenvalue weighted by atomic mass is 10.0. The van der Waals surface area contributed by atoms with Crippen LogP contribution in [0.15, 0.2) is 54.6 Å². The monoisotopic (exact) mass is 309 g/mol. The molecule has 3 nitrogen and oxygen atoms in total. The largest absolute Gasteiger partial charge is 0.477 e. The first-order chi connectivity index (χ1) is 10.7. The predicted octanol–water partition coefficient (Wildman–Crippen LogP) is 4.74. The lowest BCUT2D eigenvalue weighted by molar-refractivity contribution is 0.0702. The van der Waals surface area contributed by atoms with E-state index in [-0.39, 0.29) is 0 Å². The van der Waals surface area contributed by atoms with Crippen molar-refractivity contribution in [2.75, 3.05) is 0 Å². The van der Waals surface area contributed by atoms with Crippen LogP contribution in [0.25, 0.3) is 22.4 Å². The minimum atomic E-state index is -0.917. The second-order valence-electron chi connectivity index (χ2n) is 4.89. The molecule has 0 spiro atoms. The van der Waals surface area contributed by atoms with Crippen LogP contribution in [-0.2, 0) is 6.42 Å². The van der Waals surface area contributed by atoms with Crippen molar-refractivity contribution in [2.24, 2.45) is 0 Å². The number of hydrogen-bond donors (Lipinski definition) is 1. The summed E-state index contributed by atoms with van der Waals surface area (Å²) in [7, 11) is 0. The Labute approximate surface area is 132 Å². The van der Waals surface area contributed by atoms with E-state index < -0.39 is 5.97 Å². The highest BCUT2D eigenvalue weighted by Crippen LogP contribution is 2.30. The Morgan fingerprint density at radius 3 is 2.18 bits per heavy atom. The van der Waals surface area contributed by atoms with Crippen LogP contribution in [0.5, 0.6) is 0 Å². The summed E-state index contributed by atoms with van der Waals surface area (Å²) in [4.78, 5) is 16.2. The van der Waals surface area contributed by atoms with E-state index in [2.05, 4.69) is 17.1 Å². The fourth-order valence-electron chi connectivity index (χ4n) is 2.31. The van der Waals surface area contributed by atoms with Gasteiger partial charge in [0.1, 0.15) is 4.88 Å². The van der Waals surface area contributed by atoms with Gasteiger partial charge in [-0.2, -0.15) is 0 Å². The van der Waals surface area contributed by atoms with Crippen molar-refractivity contribution in [2.45, 2.75) is 13.3 Å². The normalized spacial score (nSPS) is 10.6. The van der Waals surface area contributed by atoms with E-state index >= 15 is 0 Å². The smallest absolute Gasteiger partial charge is 0.348 e. The van der Waals surface area contributed by atoms with Gasteiger partial charge in [0.25, 0.3) is 0 Å². The molecule has 2 aromatic carbocycles. The maximum Gasteiger partial charge on any atom is 0.348 e. The van der Waals surface area contributed by atoms with Crippen LogP contribution < -0.4 is 0 Å². The van der Waals surface area contributed by atoms with Crippen LogP contribution in [-0.4, -0.2) is 16.1 Å². The Hall–Kier alpha value is -2.46. The Balaban J connectivity index is 2.00. The molecule has 0 fully saturated rings. The zero-order valence-corrected chi connectivity index (χ0v) is 12.9. The summed E-state index contributed by atoms with van der Waals surface area (Å²) in [5, 5.41) is 10.2. The van der Waals surface area contributed by atoms with Gasteiger partial charge in [-0.15, -0.1) is 11.3 Å². The molecule has 4 heteroatoms. The summed E-state index contributed by atoms with van der Waals surface area (Å²) >= 11 is 1.25. The Morgan fingerprint density at radius 1 is 1.00 bits per heavy atom. The number of rotatable bonds is 4. The highest BCUT2D eigenvalue weighted by atomic mass is 32.1. The topological polar surface area (TPSA) is 50.2 Å². The molecule has 0 aliphatic heterocycles. The zero-order valence-electron chi connectivity index (χ0n) is 12.1. The van der Waals surface area contributed by atoms with Gasteiger partial charge >= 0.3 is 5.97 Å². The number of hydrogen-bond acceptors (Lipinski definition) is 3. The fraction of sp³-hybridized carbons (Fsp3) is 0.111. The quantitative estimate of drug-likeness (QED) is 0.757. The van der Waals surface area contributed by atoms with Crippen molar-refractivity contribution in [3.63, 3.8) is 0 Å². The minimum Gasteiger partial charge on any atom is -0.477 e. The van der Waals surface area contributed by atoms with Gasteiger partial charge in [-0.25, -0.2) is 9.78 Å². The van der Waals surface area contributed by atoms with E-state index in [1.807, 2.05) is 49.4 Å². The summed E-state index contributed by atoms with van der Waals surface area (Å²) in [6.45, 7) is 1.98. The SMILES string of the molecule is CCc1nc(-c2ccc(-c3ccccc3)cc2)c(C(=O)O)s1. The van der Waals surface area contributed by atoms with E-state index in [1.165, 1.54) is 11.3 Å². The second-order valence-corrected chi connectivity index (χ2v) is 5.97. The van der Waals surface area contributed by atoms with Crippen LogP contribution in [0.1, 0.15) is 21.6 Å². The highest BCUT2D eigenvalue weighted by molar-refractivity contribution is 7.14. The number of aryl methyl sites for hydroxylation is 1. The number of aromatic nitrogens is 1. The van der Waals surface area contributed by atoms with Gasteiger partial charge in [-0.1, -0.05) is 61.5 Å². The molecule has 1 heterocycles. The third kappa shape index (κ3) is 2.78. The molecule has 0 aliphatic carbocycles. The number of thiazole rings is 1. The zero-order chi connectivity index (χ0) is 15.5. The molecule has 0 unspecified atom stereocenters. The van der Waals surface area contributed by atoms with E-state index in [0.717, 1.165) is 28.1 Å². The number of carbonyl (C=O) groups is 1. The summed E-state index contributed by atoms with van der Waals surface area (Å²) in [6, 6.07) is 18.0. The molecule has 0 atom stereocenters. The van der Waals surface area contributed by atoms with E-state index in [0.29, 0.717) is 10.6 Å². The van der Waals surface area contributed by atoms with Crippen LogP contribution >= 0.6 is 11.3 Å². The third-order valence-corrected chi connectivity index (χ3v) is 4.62. The van der Waals surface area contributed by atoms with Crippen molar-refractivity contribution in [1.82, 2.24) is 4.98 Å². The van der Waals surface area contributed by atoms with Crippen LogP contribution in [0, 0.1) is 0 Å². The number of aromatic carboxylic acids is 1. The first kappa shape index (κ1) is 14.5. The van der Waals surface area contributed by atoms with E-state index in [1.54, 1.807) is 0 Å². The predicted molar refractivity (Wildman–Crippen MR) is 89.3 cm³/mol. The van der Waals surface area contributed by atoms with Crippen LogP contribution in [0.4, 0.5) is 0 Å². The average Bonchev–Trinajstić information content (AvgIpc) is 3.00. The summed E-state index contributed by atoms with van der Waals surface area (Å²) in [5.41, 5.74) is 3.65. The number of benzene rings is 2. The van der Waals surface area contributed by atoms with Crippen molar-refractivity contribution in [3.8, 4) is 22.4 Å². The first-order valence-corrected chi connectivity index (χ1v) is 7.89. The average molecular weight is 309 g/mol. The van der Waals surface area contributed by atoms with Gasteiger partial charge in [0.05, 0.1) is 10.7 Å². The number of nitrogens with zero attached hydrogens (tertiary/aromatic N) is 1. The van der Waals surface area contributed by atoms with Gasteiger partial charge in [0, 0.05) is 5.56 Å². The maximum absolute atomic E-state index is 11.4. The molecule has 1 N–H and O–H groups in total. The van der Waals surface area contributed by atoms with E-state index in [9.17, 15) is 9.90 Å². The van der Waals surface area contributed by atoms with Crippen LogP contribution in [0.2, 0.25) is 0 Å². The highest BCUT2D eigenvalue weighted by Gasteiger charge is 2.18. The molecule has 22 heavy (non-hydrogen) atoms. The van der Waals surface area contributed by atoms with E-state index in [4.69, 9.17) is 0 Å². The summed E-state index contributed by atoms with van der Waals surface area (Å²) in [6.07, 6.45) is 0.743. The van der Waals surface area contributed by atoms with Gasteiger partial charge in [-0.3, -0.25) is 0 Å². The lowest BCUT2D eigenvalue weighted by Crippen LogP contribution is -1.95. The maximum atomic E-state index is 11.4. The second kappa shape index (κ2) is 6.12. The molecule has 0 saturated carbocycles. The molecule has 110 valence electrons. The number of carboxylic acids is 1. The molecule has 3 aromatic rings. The van der Waals surface area contributed by atoms with Crippen molar-refractivity contribution < 1.29 is 9.90 Å². The van der Waals surface area contributed by atoms with Crippen molar-refractivity contribution in [3.05, 3.63) is 64.5 Å². The first-order valence-electron chi connectivity index (χ1n) is 7.08. The molecule has 0 amide bonds. The number of carboxylic acid groups (broad SMARTS) is 1. The minimum absolute atomic E-state index is 0.310. The lowest BCUT2D eigenvalue weighted by Gasteiger charge is -2.03. The summed E-state index contributed by atoms with van der Waals surface area (Å²) < 4.78 is 0. The van der Waals surface area contributed by atoms with Crippen LogP contribution in [0.3, 0.4) is 0 Å². The molecule has 1 aromatic heterocycles. The third-order valence-electron chi connectivity index (χ3n) is 3.43. The molecule has 0 bridgehead atoms. The molecule has 0 saturated heterocycles. The van der Waals surface area contributed by atoms with Crippen molar-refractivity contribution >= 4 is 17.3 Å². The fourth-order valence-corrected chi connectivity index (χ4v) is 3.17. The van der Waals surface area contributed by atoms with Gasteiger partial charge < -0.3 is 5.11 Å². The summed E-state index contributed by atoms with van der Waals surface area (Å²) in [5.74, 6) is -0.917. The Kier molecular flexibility index (Phi) is 4.02. The van der Waals surface area contributed by atoms with Gasteiger partial charge in [-0.05, 0) is 17.5 Å². The molecule has 0 aliphatic rings. The van der Waals surface area contributed by atoms with Crippen molar-refractivity contribution in [1.29, 1.82) is 0 Å². The van der Waals surface area contributed by atoms with Gasteiger partial charge in [0.15, 0.2) is 0 Å².